The van der Waals surface area contributed by atoms with Gasteiger partial charge < -0.3 is 0 Å². The molecule has 0 fully saturated rings. The minimum absolute atomic E-state index is 0.0189. The number of hydrogen-bond acceptors (Lipinski definition) is 3. The first-order chi connectivity index (χ1) is 13.4. The highest BCUT2D eigenvalue weighted by Crippen LogP contribution is 2.36. The Bertz CT molecular complexity index is 944. The van der Waals surface area contributed by atoms with Crippen LogP contribution in [-0.2, 0) is 9.84 Å². The van der Waals surface area contributed by atoms with E-state index in [0.717, 1.165) is 44.1 Å². The number of halogens is 1. The Morgan fingerprint density at radius 3 is 2.25 bits per heavy atom. The minimum atomic E-state index is -3.59. The van der Waals surface area contributed by atoms with Gasteiger partial charge in [-0.25, -0.2) is 12.8 Å². The van der Waals surface area contributed by atoms with Gasteiger partial charge in [0, 0.05) is 11.1 Å². The van der Waals surface area contributed by atoms with E-state index in [1.54, 1.807) is 0 Å². The van der Waals surface area contributed by atoms with Crippen LogP contribution in [0.1, 0.15) is 63.5 Å². The molecule has 28 heavy (non-hydrogen) atoms. The van der Waals surface area contributed by atoms with E-state index < -0.39 is 21.2 Å². The van der Waals surface area contributed by atoms with Crippen molar-refractivity contribution in [2.75, 3.05) is 5.75 Å². The highest BCUT2D eigenvalue weighted by atomic mass is 32.2. The lowest BCUT2D eigenvalue weighted by atomic mass is 9.88. The molecule has 0 saturated heterocycles. The summed E-state index contributed by atoms with van der Waals surface area (Å²) in [6.45, 7) is 4.20. The molecular formula is C23H28FNO2S. The van der Waals surface area contributed by atoms with E-state index in [4.69, 9.17) is 4.99 Å². The first-order valence-electron chi connectivity index (χ1n) is 10.1. The quantitative estimate of drug-likeness (QED) is 0.570. The molecule has 0 aromatic heterocycles. The summed E-state index contributed by atoms with van der Waals surface area (Å²) in [5.74, 6) is -0.471. The topological polar surface area (TPSA) is 46.5 Å². The number of aliphatic imine (C=N–C) groups is 1. The monoisotopic (exact) mass is 401 g/mol. The van der Waals surface area contributed by atoms with Crippen LogP contribution < -0.4 is 0 Å². The number of fused-ring (bicyclic) bond motifs is 1. The van der Waals surface area contributed by atoms with Gasteiger partial charge in [0.05, 0.1) is 21.9 Å². The van der Waals surface area contributed by atoms with Gasteiger partial charge in [0.1, 0.15) is 5.82 Å². The fourth-order valence-electron chi connectivity index (χ4n) is 3.93. The van der Waals surface area contributed by atoms with Gasteiger partial charge in [0.25, 0.3) is 0 Å². The van der Waals surface area contributed by atoms with Gasteiger partial charge >= 0.3 is 0 Å². The maximum Gasteiger partial charge on any atom is 0.181 e. The van der Waals surface area contributed by atoms with Crippen LogP contribution in [0, 0.1) is 5.82 Å². The number of nitrogens with zero attached hydrogens (tertiary/aromatic N) is 1. The van der Waals surface area contributed by atoms with Gasteiger partial charge in [-0.05, 0) is 31.0 Å². The molecule has 5 heteroatoms. The number of benzene rings is 2. The minimum Gasteiger partial charge on any atom is -0.276 e. The van der Waals surface area contributed by atoms with Gasteiger partial charge in [-0.1, -0.05) is 69.9 Å². The molecule has 150 valence electrons. The molecule has 1 aliphatic rings. The molecule has 2 aromatic carbocycles. The van der Waals surface area contributed by atoms with E-state index in [0.29, 0.717) is 11.3 Å². The molecule has 0 N–H and O–H groups in total. The average Bonchev–Trinajstić information content (AvgIpc) is 2.78. The van der Waals surface area contributed by atoms with Crippen LogP contribution in [-0.4, -0.2) is 25.4 Å². The van der Waals surface area contributed by atoms with Crippen molar-refractivity contribution in [1.82, 2.24) is 0 Å². The van der Waals surface area contributed by atoms with Gasteiger partial charge in [-0.2, -0.15) is 0 Å². The molecular weight excluding hydrogens is 373 g/mol. The average molecular weight is 402 g/mol. The SMILES string of the molecule is CCCCC1(CCCC)CS(=O)(=O)c2ccc(F)cc2C(c2ccccc2)=N1. The van der Waals surface area contributed by atoms with Crippen LogP contribution in [0.5, 0.6) is 0 Å². The molecule has 0 amide bonds. The zero-order chi connectivity index (χ0) is 20.2. The Balaban J connectivity index is 2.28. The smallest absolute Gasteiger partial charge is 0.181 e. The van der Waals surface area contributed by atoms with E-state index in [2.05, 4.69) is 13.8 Å². The molecule has 3 nitrogen and oxygen atoms in total. The first kappa shape index (κ1) is 20.7. The Labute approximate surface area is 167 Å². The number of rotatable bonds is 7. The number of unbranched alkanes of at least 4 members (excludes halogenated alkanes) is 2. The van der Waals surface area contributed by atoms with Crippen LogP contribution >= 0.6 is 0 Å². The standard InChI is InChI=1S/C23H28FNO2S/c1-3-5-14-23(15-6-4-2)17-28(26,27)21-13-12-19(24)16-20(21)22(25-23)18-10-8-7-9-11-18/h7-13,16H,3-6,14-15,17H2,1-2H3. The lowest BCUT2D eigenvalue weighted by molar-refractivity contribution is 0.380. The van der Waals surface area contributed by atoms with Gasteiger partial charge in [0.2, 0.25) is 0 Å². The van der Waals surface area contributed by atoms with E-state index >= 15 is 0 Å². The van der Waals surface area contributed by atoms with Crippen molar-refractivity contribution in [3.05, 3.63) is 65.5 Å². The van der Waals surface area contributed by atoms with Crippen molar-refractivity contribution in [2.45, 2.75) is 62.8 Å². The largest absolute Gasteiger partial charge is 0.276 e. The molecule has 0 spiro atoms. The van der Waals surface area contributed by atoms with Crippen molar-refractivity contribution in [3.63, 3.8) is 0 Å². The molecule has 0 radical (unpaired) electrons. The number of sulfone groups is 1. The summed E-state index contributed by atoms with van der Waals surface area (Å²) in [6, 6.07) is 13.5. The molecule has 3 rings (SSSR count). The summed E-state index contributed by atoms with van der Waals surface area (Å²) in [7, 11) is -3.59. The highest BCUT2D eigenvalue weighted by Gasteiger charge is 2.39. The maximum atomic E-state index is 14.1. The Morgan fingerprint density at radius 1 is 1.00 bits per heavy atom. The first-order valence-corrected chi connectivity index (χ1v) is 11.7. The lowest BCUT2D eigenvalue weighted by Crippen LogP contribution is -2.35. The summed E-state index contributed by atoms with van der Waals surface area (Å²) in [6.07, 6.45) is 5.22. The second-order valence-corrected chi connectivity index (χ2v) is 9.62. The zero-order valence-electron chi connectivity index (χ0n) is 16.6. The Morgan fingerprint density at radius 2 is 1.64 bits per heavy atom. The fraction of sp³-hybridized carbons (Fsp3) is 0.435. The molecule has 1 aliphatic heterocycles. The summed E-state index contributed by atoms with van der Waals surface area (Å²) in [5.41, 5.74) is 1.11. The van der Waals surface area contributed by atoms with Crippen LogP contribution in [0.25, 0.3) is 0 Å². The lowest BCUT2D eigenvalue weighted by Gasteiger charge is -2.29. The third kappa shape index (κ3) is 4.35. The van der Waals surface area contributed by atoms with Crippen LogP contribution in [0.15, 0.2) is 58.4 Å². The molecule has 1 heterocycles. The van der Waals surface area contributed by atoms with E-state index in [9.17, 15) is 12.8 Å². The normalized spacial score (nSPS) is 17.5. The molecule has 0 aliphatic carbocycles. The van der Waals surface area contributed by atoms with Crippen LogP contribution in [0.4, 0.5) is 4.39 Å². The predicted octanol–water partition coefficient (Wildman–Crippen LogP) is 5.57. The fourth-order valence-corrected chi connectivity index (χ4v) is 5.91. The molecule has 0 unspecified atom stereocenters. The van der Waals surface area contributed by atoms with Crippen molar-refractivity contribution >= 4 is 15.5 Å². The van der Waals surface area contributed by atoms with Crippen molar-refractivity contribution in [1.29, 1.82) is 0 Å². The van der Waals surface area contributed by atoms with Crippen molar-refractivity contribution in [2.24, 2.45) is 4.99 Å². The van der Waals surface area contributed by atoms with E-state index in [-0.39, 0.29) is 10.6 Å². The van der Waals surface area contributed by atoms with E-state index in [1.165, 1.54) is 18.2 Å². The second kappa shape index (κ2) is 8.56. The second-order valence-electron chi connectivity index (χ2n) is 7.66. The third-order valence-electron chi connectivity index (χ3n) is 5.38. The molecule has 2 aromatic rings. The van der Waals surface area contributed by atoms with E-state index in [1.807, 2.05) is 30.3 Å². The highest BCUT2D eigenvalue weighted by molar-refractivity contribution is 7.91. The third-order valence-corrected chi connectivity index (χ3v) is 7.32. The number of hydrogen-bond donors (Lipinski definition) is 0. The summed E-state index contributed by atoms with van der Waals surface area (Å²) >= 11 is 0. The Kier molecular flexibility index (Phi) is 6.33. The van der Waals surface area contributed by atoms with Crippen LogP contribution in [0.3, 0.4) is 0 Å². The Hall–Kier alpha value is -2.01. The zero-order valence-corrected chi connectivity index (χ0v) is 17.4. The molecule has 0 saturated carbocycles. The van der Waals surface area contributed by atoms with Crippen molar-refractivity contribution in [3.8, 4) is 0 Å². The maximum absolute atomic E-state index is 14.1. The summed E-state index contributed by atoms with van der Waals surface area (Å²) in [4.78, 5) is 5.29. The molecule has 0 atom stereocenters. The van der Waals surface area contributed by atoms with Gasteiger partial charge in [0.15, 0.2) is 9.84 Å². The predicted molar refractivity (Wildman–Crippen MR) is 112 cm³/mol. The summed E-state index contributed by atoms with van der Waals surface area (Å²) in [5, 5.41) is 0. The van der Waals surface area contributed by atoms with Crippen molar-refractivity contribution < 1.29 is 12.8 Å². The molecule has 0 bridgehead atoms. The van der Waals surface area contributed by atoms with Gasteiger partial charge in [-0.3, -0.25) is 4.99 Å². The van der Waals surface area contributed by atoms with Crippen LogP contribution in [0.2, 0.25) is 0 Å². The summed E-state index contributed by atoms with van der Waals surface area (Å²) < 4.78 is 40.8. The van der Waals surface area contributed by atoms with Gasteiger partial charge in [-0.15, -0.1) is 0 Å².